The summed E-state index contributed by atoms with van der Waals surface area (Å²) in [6.45, 7) is 8.44. The van der Waals surface area contributed by atoms with Gasteiger partial charge in [0.25, 0.3) is 0 Å². The third kappa shape index (κ3) is 4.91. The molecule has 1 N–H and O–H groups in total. The lowest BCUT2D eigenvalue weighted by atomic mass is 10.3. The summed E-state index contributed by atoms with van der Waals surface area (Å²) in [6, 6.07) is 9.37. The summed E-state index contributed by atoms with van der Waals surface area (Å²) >= 11 is 0. The standard InChI is InChI=1S/C21H28N6O3/c1-2-30-18-5-3-17(4-6-18)24-21(28)27-9-7-25(8-10-27)19-15-20(23-16-22-19)26-11-13-29-14-12-26/h3-6,15-16H,2,7-14H2,1H3,(H,24,28). The van der Waals surface area contributed by atoms with Crippen LogP contribution < -0.4 is 19.9 Å². The molecule has 0 spiro atoms. The molecule has 0 aliphatic carbocycles. The van der Waals surface area contributed by atoms with Crippen molar-refractivity contribution in [2.45, 2.75) is 6.92 Å². The minimum absolute atomic E-state index is 0.0875. The molecule has 0 unspecified atom stereocenters. The van der Waals surface area contributed by atoms with Gasteiger partial charge in [0.1, 0.15) is 23.7 Å². The smallest absolute Gasteiger partial charge is 0.321 e. The number of piperazine rings is 1. The van der Waals surface area contributed by atoms with E-state index in [1.807, 2.05) is 42.2 Å². The first-order valence-electron chi connectivity index (χ1n) is 10.4. The predicted octanol–water partition coefficient (Wildman–Crippen LogP) is 2.07. The Morgan fingerprint density at radius 1 is 1.00 bits per heavy atom. The van der Waals surface area contributed by atoms with E-state index in [2.05, 4.69) is 25.1 Å². The van der Waals surface area contributed by atoms with Gasteiger partial charge in [0, 0.05) is 51.0 Å². The van der Waals surface area contributed by atoms with E-state index in [4.69, 9.17) is 9.47 Å². The topological polar surface area (TPSA) is 83.1 Å². The van der Waals surface area contributed by atoms with E-state index in [0.29, 0.717) is 19.7 Å². The Balaban J connectivity index is 1.30. The Morgan fingerprint density at radius 3 is 2.27 bits per heavy atom. The van der Waals surface area contributed by atoms with Gasteiger partial charge < -0.3 is 29.5 Å². The van der Waals surface area contributed by atoms with Gasteiger partial charge in [-0.15, -0.1) is 0 Å². The molecule has 0 radical (unpaired) electrons. The average molecular weight is 412 g/mol. The van der Waals surface area contributed by atoms with E-state index in [0.717, 1.165) is 62.5 Å². The second-order valence-electron chi connectivity index (χ2n) is 7.20. The Bertz CT molecular complexity index is 833. The van der Waals surface area contributed by atoms with Crippen molar-refractivity contribution in [1.29, 1.82) is 0 Å². The zero-order valence-corrected chi connectivity index (χ0v) is 17.3. The van der Waals surface area contributed by atoms with Crippen LogP contribution in [0.5, 0.6) is 5.75 Å². The van der Waals surface area contributed by atoms with Crippen molar-refractivity contribution in [2.75, 3.05) is 74.2 Å². The maximum absolute atomic E-state index is 12.6. The molecule has 4 rings (SSSR count). The highest BCUT2D eigenvalue weighted by Crippen LogP contribution is 2.20. The zero-order valence-electron chi connectivity index (χ0n) is 17.3. The van der Waals surface area contributed by atoms with Gasteiger partial charge in [0.2, 0.25) is 0 Å². The molecular weight excluding hydrogens is 384 g/mol. The van der Waals surface area contributed by atoms with Gasteiger partial charge in [0.05, 0.1) is 19.8 Å². The van der Waals surface area contributed by atoms with E-state index in [1.165, 1.54) is 0 Å². The number of nitrogens with zero attached hydrogens (tertiary/aromatic N) is 5. The molecular formula is C21H28N6O3. The summed E-state index contributed by atoms with van der Waals surface area (Å²) in [7, 11) is 0. The van der Waals surface area contributed by atoms with Crippen molar-refractivity contribution in [2.24, 2.45) is 0 Å². The number of rotatable bonds is 5. The van der Waals surface area contributed by atoms with Crippen molar-refractivity contribution in [1.82, 2.24) is 14.9 Å². The number of hydrogen-bond donors (Lipinski definition) is 1. The fourth-order valence-electron chi connectivity index (χ4n) is 3.62. The number of carbonyl (C=O) groups excluding carboxylic acids is 1. The monoisotopic (exact) mass is 412 g/mol. The molecule has 1 aromatic heterocycles. The van der Waals surface area contributed by atoms with Crippen molar-refractivity contribution in [3.63, 3.8) is 0 Å². The molecule has 30 heavy (non-hydrogen) atoms. The Labute approximate surface area is 176 Å². The summed E-state index contributed by atoms with van der Waals surface area (Å²) in [6.07, 6.45) is 1.62. The van der Waals surface area contributed by atoms with E-state index in [1.54, 1.807) is 6.33 Å². The molecule has 3 heterocycles. The first-order valence-corrected chi connectivity index (χ1v) is 10.4. The second kappa shape index (κ2) is 9.62. The number of carbonyl (C=O) groups is 1. The van der Waals surface area contributed by atoms with Crippen LogP contribution >= 0.6 is 0 Å². The van der Waals surface area contributed by atoms with Crippen LogP contribution in [0.2, 0.25) is 0 Å². The van der Waals surface area contributed by atoms with Crippen molar-refractivity contribution < 1.29 is 14.3 Å². The summed E-state index contributed by atoms with van der Waals surface area (Å²) in [5.41, 5.74) is 0.761. The largest absolute Gasteiger partial charge is 0.494 e. The van der Waals surface area contributed by atoms with Gasteiger partial charge in [-0.1, -0.05) is 0 Å². The SMILES string of the molecule is CCOc1ccc(NC(=O)N2CCN(c3cc(N4CCOCC4)ncn3)CC2)cc1. The summed E-state index contributed by atoms with van der Waals surface area (Å²) in [5.74, 6) is 2.63. The third-order valence-electron chi connectivity index (χ3n) is 5.28. The molecule has 2 aliphatic heterocycles. The van der Waals surface area contributed by atoms with Crippen LogP contribution in [0.3, 0.4) is 0 Å². The Hall–Kier alpha value is -3.07. The average Bonchev–Trinajstić information content (AvgIpc) is 2.81. The first-order chi connectivity index (χ1) is 14.7. The normalized spacial score (nSPS) is 17.0. The maximum Gasteiger partial charge on any atom is 0.321 e. The van der Waals surface area contributed by atoms with Crippen LogP contribution in [0.4, 0.5) is 22.1 Å². The van der Waals surface area contributed by atoms with Gasteiger partial charge in [-0.25, -0.2) is 14.8 Å². The number of benzene rings is 1. The number of ether oxygens (including phenoxy) is 2. The van der Waals surface area contributed by atoms with Gasteiger partial charge >= 0.3 is 6.03 Å². The van der Waals surface area contributed by atoms with E-state index in [9.17, 15) is 4.79 Å². The highest BCUT2D eigenvalue weighted by atomic mass is 16.5. The van der Waals surface area contributed by atoms with Crippen LogP contribution in [-0.2, 0) is 4.74 Å². The Morgan fingerprint density at radius 2 is 1.63 bits per heavy atom. The molecule has 2 aliphatic rings. The highest BCUT2D eigenvalue weighted by molar-refractivity contribution is 5.89. The maximum atomic E-state index is 12.6. The molecule has 0 bridgehead atoms. The third-order valence-corrected chi connectivity index (χ3v) is 5.28. The molecule has 2 saturated heterocycles. The molecule has 160 valence electrons. The molecule has 1 aromatic carbocycles. The number of urea groups is 1. The van der Waals surface area contributed by atoms with Crippen molar-refractivity contribution in [3.05, 3.63) is 36.7 Å². The summed E-state index contributed by atoms with van der Waals surface area (Å²) in [5, 5.41) is 2.96. The molecule has 0 atom stereocenters. The predicted molar refractivity (Wildman–Crippen MR) is 115 cm³/mol. The van der Waals surface area contributed by atoms with Crippen LogP contribution in [0.1, 0.15) is 6.92 Å². The van der Waals surface area contributed by atoms with E-state index >= 15 is 0 Å². The highest BCUT2D eigenvalue weighted by Gasteiger charge is 2.23. The fourth-order valence-corrected chi connectivity index (χ4v) is 3.62. The minimum atomic E-state index is -0.0875. The van der Waals surface area contributed by atoms with E-state index < -0.39 is 0 Å². The van der Waals surface area contributed by atoms with E-state index in [-0.39, 0.29) is 6.03 Å². The number of hydrogen-bond acceptors (Lipinski definition) is 7. The van der Waals surface area contributed by atoms with Crippen molar-refractivity contribution in [3.8, 4) is 5.75 Å². The van der Waals surface area contributed by atoms with Crippen LogP contribution in [0, 0.1) is 0 Å². The van der Waals surface area contributed by atoms with Gasteiger partial charge in [-0.05, 0) is 31.2 Å². The number of amides is 2. The van der Waals surface area contributed by atoms with Crippen LogP contribution in [-0.4, -0.2) is 80.0 Å². The molecule has 9 nitrogen and oxygen atoms in total. The first kappa shape index (κ1) is 20.2. The second-order valence-corrected chi connectivity index (χ2v) is 7.20. The minimum Gasteiger partial charge on any atom is -0.494 e. The summed E-state index contributed by atoms with van der Waals surface area (Å²) < 4.78 is 10.9. The number of anilines is 3. The van der Waals surface area contributed by atoms with Gasteiger partial charge in [-0.3, -0.25) is 0 Å². The summed E-state index contributed by atoms with van der Waals surface area (Å²) in [4.78, 5) is 27.7. The molecule has 0 saturated carbocycles. The van der Waals surface area contributed by atoms with Gasteiger partial charge in [-0.2, -0.15) is 0 Å². The van der Waals surface area contributed by atoms with Crippen molar-refractivity contribution >= 4 is 23.4 Å². The zero-order chi connectivity index (χ0) is 20.8. The number of morpholine rings is 1. The van der Waals surface area contributed by atoms with Gasteiger partial charge in [0.15, 0.2) is 0 Å². The van der Waals surface area contributed by atoms with Crippen LogP contribution in [0.15, 0.2) is 36.7 Å². The fraction of sp³-hybridized carbons (Fsp3) is 0.476. The number of aromatic nitrogens is 2. The quantitative estimate of drug-likeness (QED) is 0.805. The molecule has 9 heteroatoms. The molecule has 2 aromatic rings. The van der Waals surface area contributed by atoms with Crippen LogP contribution in [0.25, 0.3) is 0 Å². The lowest BCUT2D eigenvalue weighted by molar-refractivity contribution is 0.122. The Kier molecular flexibility index (Phi) is 6.48. The molecule has 2 amide bonds. The number of nitrogens with one attached hydrogen (secondary N) is 1. The molecule has 2 fully saturated rings. The lowest BCUT2D eigenvalue weighted by Gasteiger charge is -2.36. The lowest BCUT2D eigenvalue weighted by Crippen LogP contribution is -2.50.